The Balaban J connectivity index is 0.00000144. The highest BCUT2D eigenvalue weighted by atomic mass is 35.5. The number of H-pyrrole nitrogens is 1. The number of nitrogens with zero attached hydrogens (tertiary/aromatic N) is 1. The number of rotatable bonds is 3. The van der Waals surface area contributed by atoms with Gasteiger partial charge in [0.15, 0.2) is 0 Å². The highest BCUT2D eigenvalue weighted by molar-refractivity contribution is 7.89. The van der Waals surface area contributed by atoms with Gasteiger partial charge >= 0.3 is 0 Å². The average molecular weight is 281 g/mol. The fourth-order valence-electron chi connectivity index (χ4n) is 1.85. The average Bonchev–Trinajstić information content (AvgIpc) is 2.66. The minimum absolute atomic E-state index is 0. The van der Waals surface area contributed by atoms with Gasteiger partial charge < -0.3 is 5.32 Å². The molecule has 17 heavy (non-hydrogen) atoms. The Morgan fingerprint density at radius 3 is 2.82 bits per heavy atom. The first-order valence-electron chi connectivity index (χ1n) is 5.32. The highest BCUT2D eigenvalue weighted by Gasteiger charge is 2.23. The molecule has 8 heteroatoms. The molecule has 0 aliphatic carbocycles. The summed E-state index contributed by atoms with van der Waals surface area (Å²) in [5.41, 5.74) is 0.566. The molecule has 0 bridgehead atoms. The summed E-state index contributed by atoms with van der Waals surface area (Å²) >= 11 is 0. The van der Waals surface area contributed by atoms with Gasteiger partial charge in [-0.1, -0.05) is 0 Å². The number of aryl methyl sites for hydroxylation is 1. The summed E-state index contributed by atoms with van der Waals surface area (Å²) in [5, 5.41) is 9.52. The molecule has 0 saturated carbocycles. The number of sulfonamides is 1. The van der Waals surface area contributed by atoms with Gasteiger partial charge in [-0.05, 0) is 26.3 Å². The van der Waals surface area contributed by atoms with E-state index < -0.39 is 10.0 Å². The summed E-state index contributed by atoms with van der Waals surface area (Å²) in [6.07, 6.45) is 3.22. The van der Waals surface area contributed by atoms with E-state index in [9.17, 15) is 8.42 Å². The van der Waals surface area contributed by atoms with Gasteiger partial charge in [-0.3, -0.25) is 5.10 Å². The lowest BCUT2D eigenvalue weighted by molar-refractivity contribution is 0.428. The van der Waals surface area contributed by atoms with Crippen molar-refractivity contribution in [2.24, 2.45) is 0 Å². The molecule has 1 saturated heterocycles. The van der Waals surface area contributed by atoms with E-state index in [2.05, 4.69) is 20.2 Å². The second-order valence-corrected chi connectivity index (χ2v) is 5.71. The molecule has 1 unspecified atom stereocenters. The minimum Gasteiger partial charge on any atom is -0.315 e. The van der Waals surface area contributed by atoms with Crippen LogP contribution in [0.5, 0.6) is 0 Å². The van der Waals surface area contributed by atoms with Crippen LogP contribution in [0.2, 0.25) is 0 Å². The number of aromatic amines is 1. The maximum Gasteiger partial charge on any atom is 0.244 e. The molecule has 1 aliphatic heterocycles. The molecular weight excluding hydrogens is 264 g/mol. The number of hydrogen-bond donors (Lipinski definition) is 3. The quantitative estimate of drug-likeness (QED) is 0.737. The van der Waals surface area contributed by atoms with Gasteiger partial charge in [0.1, 0.15) is 4.90 Å². The van der Waals surface area contributed by atoms with Gasteiger partial charge in [-0.2, -0.15) is 5.10 Å². The Bertz CT molecular complexity index is 453. The fourth-order valence-corrected chi connectivity index (χ4v) is 3.25. The molecule has 1 aromatic rings. The predicted molar refractivity (Wildman–Crippen MR) is 66.8 cm³/mol. The molecule has 3 N–H and O–H groups in total. The van der Waals surface area contributed by atoms with Gasteiger partial charge in [0.05, 0.1) is 11.9 Å². The third-order valence-electron chi connectivity index (χ3n) is 2.69. The third kappa shape index (κ3) is 3.41. The molecule has 1 aliphatic rings. The van der Waals surface area contributed by atoms with E-state index in [0.717, 1.165) is 19.4 Å². The monoisotopic (exact) mass is 280 g/mol. The Kier molecular flexibility index (Phi) is 4.93. The van der Waals surface area contributed by atoms with Crippen LogP contribution in [-0.2, 0) is 10.0 Å². The fraction of sp³-hybridized carbons (Fsp3) is 0.667. The van der Waals surface area contributed by atoms with Gasteiger partial charge in [-0.15, -0.1) is 12.4 Å². The van der Waals surface area contributed by atoms with E-state index in [4.69, 9.17) is 0 Å². The van der Waals surface area contributed by atoms with E-state index in [0.29, 0.717) is 12.2 Å². The van der Waals surface area contributed by atoms with Crippen LogP contribution in [-0.4, -0.2) is 37.7 Å². The Morgan fingerprint density at radius 1 is 1.53 bits per heavy atom. The summed E-state index contributed by atoms with van der Waals surface area (Å²) in [4.78, 5) is 0.234. The van der Waals surface area contributed by atoms with E-state index in [1.807, 2.05) is 0 Å². The van der Waals surface area contributed by atoms with Crippen molar-refractivity contribution in [1.29, 1.82) is 0 Å². The molecule has 2 heterocycles. The molecular formula is C9H17ClN4O2S. The SMILES string of the molecule is Cc1[nH]ncc1S(=O)(=O)NC1CCCNC1.Cl. The van der Waals surface area contributed by atoms with E-state index in [1.54, 1.807) is 6.92 Å². The molecule has 1 atom stereocenters. The molecule has 1 aromatic heterocycles. The van der Waals surface area contributed by atoms with Crippen molar-refractivity contribution in [3.63, 3.8) is 0 Å². The summed E-state index contributed by atoms with van der Waals surface area (Å²) in [7, 11) is -3.43. The number of hydrogen-bond acceptors (Lipinski definition) is 4. The lowest BCUT2D eigenvalue weighted by Crippen LogP contribution is -2.45. The van der Waals surface area contributed by atoms with E-state index >= 15 is 0 Å². The van der Waals surface area contributed by atoms with Gasteiger partial charge in [-0.25, -0.2) is 13.1 Å². The zero-order valence-corrected chi connectivity index (χ0v) is 11.2. The van der Waals surface area contributed by atoms with Crippen molar-refractivity contribution in [3.8, 4) is 0 Å². The second-order valence-electron chi connectivity index (χ2n) is 4.02. The topological polar surface area (TPSA) is 86.9 Å². The van der Waals surface area contributed by atoms with Crippen molar-refractivity contribution in [1.82, 2.24) is 20.2 Å². The molecule has 6 nitrogen and oxygen atoms in total. The van der Waals surface area contributed by atoms with Crippen LogP contribution in [0.1, 0.15) is 18.5 Å². The van der Waals surface area contributed by atoms with Crippen molar-refractivity contribution >= 4 is 22.4 Å². The molecule has 98 valence electrons. The van der Waals surface area contributed by atoms with Crippen LogP contribution in [0.3, 0.4) is 0 Å². The van der Waals surface area contributed by atoms with Crippen LogP contribution in [0.4, 0.5) is 0 Å². The summed E-state index contributed by atoms with van der Waals surface area (Å²) in [6.45, 7) is 3.35. The maximum absolute atomic E-state index is 12.0. The molecule has 2 rings (SSSR count). The van der Waals surface area contributed by atoms with Crippen LogP contribution in [0.25, 0.3) is 0 Å². The zero-order valence-electron chi connectivity index (χ0n) is 9.56. The zero-order chi connectivity index (χ0) is 11.6. The first kappa shape index (κ1) is 14.4. The molecule has 0 aromatic carbocycles. The summed E-state index contributed by atoms with van der Waals surface area (Å²) in [6, 6.07) is -0.0203. The molecule has 0 radical (unpaired) electrons. The Morgan fingerprint density at radius 2 is 2.29 bits per heavy atom. The number of piperidine rings is 1. The second kappa shape index (κ2) is 5.81. The van der Waals surface area contributed by atoms with Crippen LogP contribution in [0, 0.1) is 6.92 Å². The van der Waals surface area contributed by atoms with Gasteiger partial charge in [0.2, 0.25) is 10.0 Å². The van der Waals surface area contributed by atoms with Crippen LogP contribution in [0.15, 0.2) is 11.1 Å². The minimum atomic E-state index is -3.43. The van der Waals surface area contributed by atoms with Crippen molar-refractivity contribution in [3.05, 3.63) is 11.9 Å². The van der Waals surface area contributed by atoms with Crippen LogP contribution >= 0.6 is 12.4 Å². The maximum atomic E-state index is 12.0. The molecule has 0 amide bonds. The smallest absolute Gasteiger partial charge is 0.244 e. The third-order valence-corrected chi connectivity index (χ3v) is 4.33. The Labute approximate surface area is 107 Å². The first-order chi connectivity index (χ1) is 7.59. The number of nitrogens with one attached hydrogen (secondary N) is 3. The van der Waals surface area contributed by atoms with Gasteiger partial charge in [0.25, 0.3) is 0 Å². The Hall–Kier alpha value is -0.630. The lowest BCUT2D eigenvalue weighted by Gasteiger charge is -2.23. The molecule has 0 spiro atoms. The predicted octanol–water partition coefficient (Wildman–Crippen LogP) is 0.170. The largest absolute Gasteiger partial charge is 0.315 e. The number of halogens is 1. The summed E-state index contributed by atoms with van der Waals surface area (Å²) in [5.74, 6) is 0. The molecule has 1 fully saturated rings. The van der Waals surface area contributed by atoms with Crippen molar-refractivity contribution in [2.75, 3.05) is 13.1 Å². The van der Waals surface area contributed by atoms with E-state index in [1.165, 1.54) is 6.20 Å². The van der Waals surface area contributed by atoms with Crippen molar-refractivity contribution in [2.45, 2.75) is 30.7 Å². The summed E-state index contributed by atoms with van der Waals surface area (Å²) < 4.78 is 26.7. The van der Waals surface area contributed by atoms with Crippen LogP contribution < -0.4 is 10.0 Å². The lowest BCUT2D eigenvalue weighted by atomic mass is 10.1. The highest BCUT2D eigenvalue weighted by Crippen LogP contribution is 2.13. The van der Waals surface area contributed by atoms with Gasteiger partial charge in [0, 0.05) is 12.6 Å². The normalized spacial score (nSPS) is 20.9. The first-order valence-corrected chi connectivity index (χ1v) is 6.81. The van der Waals surface area contributed by atoms with E-state index in [-0.39, 0.29) is 23.3 Å². The van der Waals surface area contributed by atoms with Crippen molar-refractivity contribution < 1.29 is 8.42 Å². The standard InChI is InChI=1S/C9H16N4O2S.ClH/c1-7-9(6-11-12-7)16(14,15)13-8-3-2-4-10-5-8;/h6,8,10,13H,2-5H2,1H3,(H,11,12);1H. The number of aromatic nitrogens is 2.